The zero-order valence-corrected chi connectivity index (χ0v) is 15.9. The lowest BCUT2D eigenvalue weighted by atomic mass is 9.88. The molecule has 3 atom stereocenters. The first kappa shape index (κ1) is 21.1. The molecule has 1 aliphatic rings. The summed E-state index contributed by atoms with van der Waals surface area (Å²) in [6.07, 6.45) is 7.28. The lowest BCUT2D eigenvalue weighted by molar-refractivity contribution is -0.137. The van der Waals surface area contributed by atoms with Gasteiger partial charge in [-0.3, -0.25) is 9.59 Å². The molecule has 144 valence electrons. The van der Waals surface area contributed by atoms with Gasteiger partial charge in [0.05, 0.1) is 16.7 Å². The number of hydrogen-bond acceptors (Lipinski definition) is 4. The molecule has 0 aromatic heterocycles. The molecule has 2 N–H and O–H groups in total. The van der Waals surface area contributed by atoms with Gasteiger partial charge in [0.1, 0.15) is 11.9 Å². The molecular formula is C21H24ClNO4. The van der Waals surface area contributed by atoms with Crippen molar-refractivity contribution in [3.63, 3.8) is 0 Å². The zero-order chi connectivity index (χ0) is 19.8. The molecule has 0 radical (unpaired) electrons. The number of carbonyl (C=O) groups excluding carboxylic acids is 1. The Morgan fingerprint density at radius 3 is 2.70 bits per heavy atom. The maximum Gasteiger partial charge on any atom is 0.303 e. The summed E-state index contributed by atoms with van der Waals surface area (Å²) >= 11 is 6.04. The van der Waals surface area contributed by atoms with Crippen molar-refractivity contribution in [2.24, 2.45) is 11.8 Å². The van der Waals surface area contributed by atoms with Gasteiger partial charge in [0.2, 0.25) is 0 Å². The minimum Gasteiger partial charge on any atom is -0.481 e. The van der Waals surface area contributed by atoms with Crippen LogP contribution in [0.25, 0.3) is 6.08 Å². The topological polar surface area (TPSA) is 98.4 Å². The fourth-order valence-corrected chi connectivity index (χ4v) is 3.77. The number of benzene rings is 1. The van der Waals surface area contributed by atoms with Crippen LogP contribution in [0, 0.1) is 23.2 Å². The van der Waals surface area contributed by atoms with Gasteiger partial charge < -0.3 is 10.2 Å². The summed E-state index contributed by atoms with van der Waals surface area (Å²) in [5.74, 6) is -1.13. The van der Waals surface area contributed by atoms with Crippen LogP contribution in [0.5, 0.6) is 0 Å². The molecule has 1 aliphatic carbocycles. The van der Waals surface area contributed by atoms with Gasteiger partial charge >= 0.3 is 5.97 Å². The number of nitrogens with zero attached hydrogens (tertiary/aromatic N) is 1. The van der Waals surface area contributed by atoms with Crippen molar-refractivity contribution in [2.45, 2.75) is 51.0 Å². The Morgan fingerprint density at radius 2 is 2.04 bits per heavy atom. The standard InChI is InChI=1S/C21H24ClNO4/c22-18-11-14(7-9-15(18)13-23)8-10-17-16(19(24)12-20(17)25)5-3-1-2-4-6-21(26)27/h7-11,16-17,20,25H,1-6,12H2,(H,26,27)/b10-8+. The van der Waals surface area contributed by atoms with E-state index < -0.39 is 12.1 Å². The summed E-state index contributed by atoms with van der Waals surface area (Å²) in [6.45, 7) is 0. The summed E-state index contributed by atoms with van der Waals surface area (Å²) in [5, 5.41) is 28.2. The Balaban J connectivity index is 1.93. The van der Waals surface area contributed by atoms with Gasteiger partial charge in [-0.2, -0.15) is 5.26 Å². The van der Waals surface area contributed by atoms with E-state index in [0.717, 1.165) is 24.8 Å². The predicted molar refractivity (Wildman–Crippen MR) is 103 cm³/mol. The number of carboxylic acids is 1. The van der Waals surface area contributed by atoms with Crippen molar-refractivity contribution in [1.82, 2.24) is 0 Å². The molecule has 1 saturated carbocycles. The Morgan fingerprint density at radius 1 is 1.30 bits per heavy atom. The van der Waals surface area contributed by atoms with Crippen LogP contribution in [0.15, 0.2) is 24.3 Å². The smallest absolute Gasteiger partial charge is 0.303 e. The average molecular weight is 390 g/mol. The number of carbonyl (C=O) groups is 2. The van der Waals surface area contributed by atoms with Crippen LogP contribution in [0.4, 0.5) is 0 Å². The Hall–Kier alpha value is -2.16. The number of carboxylic acid groups (broad SMARTS) is 1. The van der Waals surface area contributed by atoms with Crippen LogP contribution in [-0.4, -0.2) is 28.1 Å². The molecule has 0 bridgehead atoms. The van der Waals surface area contributed by atoms with E-state index in [1.54, 1.807) is 18.2 Å². The second-order valence-corrected chi connectivity index (χ2v) is 7.39. The molecule has 0 spiro atoms. The molecule has 0 aliphatic heterocycles. The molecular weight excluding hydrogens is 366 g/mol. The van der Waals surface area contributed by atoms with Gasteiger partial charge in [-0.1, -0.05) is 49.1 Å². The first-order valence-electron chi connectivity index (χ1n) is 9.22. The summed E-state index contributed by atoms with van der Waals surface area (Å²) in [6, 6.07) is 7.13. The van der Waals surface area contributed by atoms with E-state index in [4.69, 9.17) is 22.0 Å². The zero-order valence-electron chi connectivity index (χ0n) is 15.1. The molecule has 1 aromatic carbocycles. The van der Waals surface area contributed by atoms with Crippen molar-refractivity contribution in [2.75, 3.05) is 0 Å². The third-order valence-corrected chi connectivity index (χ3v) is 5.33. The van der Waals surface area contributed by atoms with Gasteiger partial charge in [0.15, 0.2) is 0 Å². The van der Waals surface area contributed by atoms with Crippen LogP contribution in [-0.2, 0) is 9.59 Å². The van der Waals surface area contributed by atoms with Crippen LogP contribution >= 0.6 is 11.6 Å². The molecule has 0 amide bonds. The fourth-order valence-electron chi connectivity index (χ4n) is 3.53. The Kier molecular flexibility index (Phi) is 8.02. The number of halogens is 1. The largest absolute Gasteiger partial charge is 0.481 e. The first-order valence-corrected chi connectivity index (χ1v) is 9.60. The summed E-state index contributed by atoms with van der Waals surface area (Å²) in [5.41, 5.74) is 1.23. The van der Waals surface area contributed by atoms with Gasteiger partial charge in [-0.15, -0.1) is 0 Å². The maximum atomic E-state index is 12.2. The lowest BCUT2D eigenvalue weighted by Crippen LogP contribution is -2.18. The molecule has 3 unspecified atom stereocenters. The van der Waals surface area contributed by atoms with Crippen molar-refractivity contribution in [1.29, 1.82) is 5.26 Å². The Labute approximate surface area is 164 Å². The monoisotopic (exact) mass is 389 g/mol. The van der Waals surface area contributed by atoms with Crippen LogP contribution in [0.1, 0.15) is 56.1 Å². The second kappa shape index (κ2) is 10.2. The molecule has 27 heavy (non-hydrogen) atoms. The van der Waals surface area contributed by atoms with E-state index in [9.17, 15) is 14.7 Å². The molecule has 1 fully saturated rings. The van der Waals surface area contributed by atoms with Crippen molar-refractivity contribution in [3.05, 3.63) is 40.4 Å². The van der Waals surface area contributed by atoms with Crippen molar-refractivity contribution in [3.8, 4) is 6.07 Å². The lowest BCUT2D eigenvalue weighted by Gasteiger charge is -2.17. The van der Waals surface area contributed by atoms with Crippen LogP contribution in [0.3, 0.4) is 0 Å². The van der Waals surface area contributed by atoms with Gasteiger partial charge in [0.25, 0.3) is 0 Å². The van der Waals surface area contributed by atoms with Crippen molar-refractivity contribution < 1.29 is 19.8 Å². The van der Waals surface area contributed by atoms with Gasteiger partial charge in [-0.25, -0.2) is 0 Å². The molecule has 6 heteroatoms. The normalized spacial score (nSPS) is 22.3. The minimum absolute atomic E-state index is 0.0838. The number of Topliss-reactive ketones (excluding diaryl/α,β-unsaturated/α-hetero) is 1. The third-order valence-electron chi connectivity index (χ3n) is 5.01. The highest BCUT2D eigenvalue weighted by molar-refractivity contribution is 6.31. The second-order valence-electron chi connectivity index (χ2n) is 6.98. The van der Waals surface area contributed by atoms with Crippen LogP contribution in [0.2, 0.25) is 5.02 Å². The number of aliphatic hydroxyl groups excluding tert-OH is 1. The number of aliphatic hydroxyl groups is 1. The highest BCUT2D eigenvalue weighted by atomic mass is 35.5. The van der Waals surface area contributed by atoms with E-state index in [1.165, 1.54) is 0 Å². The summed E-state index contributed by atoms with van der Waals surface area (Å²) in [4.78, 5) is 22.7. The molecule has 5 nitrogen and oxygen atoms in total. The Bertz CT molecular complexity index is 753. The van der Waals surface area contributed by atoms with Gasteiger partial charge in [-0.05, 0) is 30.5 Å². The van der Waals surface area contributed by atoms with E-state index in [-0.39, 0.29) is 30.5 Å². The highest BCUT2D eigenvalue weighted by Gasteiger charge is 2.39. The average Bonchev–Trinajstić information content (AvgIpc) is 2.89. The summed E-state index contributed by atoms with van der Waals surface area (Å²) in [7, 11) is 0. The van der Waals surface area contributed by atoms with E-state index >= 15 is 0 Å². The summed E-state index contributed by atoms with van der Waals surface area (Å²) < 4.78 is 0. The quantitative estimate of drug-likeness (QED) is 0.616. The van der Waals surface area contributed by atoms with E-state index in [1.807, 2.05) is 18.2 Å². The first-order chi connectivity index (χ1) is 12.9. The number of rotatable bonds is 9. The number of aliphatic carboxylic acids is 1. The highest BCUT2D eigenvalue weighted by Crippen LogP contribution is 2.35. The SMILES string of the molecule is N#Cc1ccc(/C=C/C2C(O)CC(=O)C2CCCCCCC(=O)O)cc1Cl. The molecule has 0 saturated heterocycles. The van der Waals surface area contributed by atoms with Crippen molar-refractivity contribution >= 4 is 29.4 Å². The number of ketones is 1. The van der Waals surface area contributed by atoms with Crippen LogP contribution < -0.4 is 0 Å². The molecule has 1 aromatic rings. The third kappa shape index (κ3) is 6.20. The fraction of sp³-hybridized carbons (Fsp3) is 0.476. The minimum atomic E-state index is -0.780. The number of hydrogen-bond donors (Lipinski definition) is 2. The predicted octanol–water partition coefficient (Wildman–Crippen LogP) is 4.22. The molecule has 2 rings (SSSR count). The maximum absolute atomic E-state index is 12.2. The van der Waals surface area contributed by atoms with E-state index in [2.05, 4.69) is 0 Å². The molecule has 0 heterocycles. The number of nitriles is 1. The van der Waals surface area contributed by atoms with Gasteiger partial charge in [0, 0.05) is 24.7 Å². The van der Waals surface area contributed by atoms with E-state index in [0.29, 0.717) is 23.4 Å². The number of unbranched alkanes of at least 4 members (excludes halogenated alkanes) is 3.